The molecule has 0 bridgehead atoms. The smallest absolute Gasteiger partial charge is 0.188 e. The van der Waals surface area contributed by atoms with Crippen molar-refractivity contribution in [1.29, 1.82) is 0 Å². The SMILES string of the molecule is CC(CC(C)(C)C)c1ccc(F)c(O)c1F. The molecule has 0 aliphatic carbocycles. The lowest BCUT2D eigenvalue weighted by Gasteiger charge is -2.23. The number of benzene rings is 1. The Kier molecular flexibility index (Phi) is 3.56. The number of rotatable bonds is 2. The quantitative estimate of drug-likeness (QED) is 0.803. The number of phenols is 1. The van der Waals surface area contributed by atoms with Gasteiger partial charge < -0.3 is 5.11 Å². The fraction of sp³-hybridized carbons (Fsp3) is 0.538. The van der Waals surface area contributed by atoms with E-state index in [0.29, 0.717) is 5.56 Å². The van der Waals surface area contributed by atoms with Crippen LogP contribution in [0.25, 0.3) is 0 Å². The molecule has 1 aromatic carbocycles. The van der Waals surface area contributed by atoms with Crippen LogP contribution in [0.1, 0.15) is 45.6 Å². The summed E-state index contributed by atoms with van der Waals surface area (Å²) in [6.45, 7) is 8.06. The van der Waals surface area contributed by atoms with Crippen molar-refractivity contribution in [3.63, 3.8) is 0 Å². The summed E-state index contributed by atoms with van der Waals surface area (Å²) in [6.07, 6.45) is 0.773. The zero-order valence-electron chi connectivity index (χ0n) is 10.1. The molecular formula is C13H18F2O. The van der Waals surface area contributed by atoms with E-state index in [1.165, 1.54) is 6.07 Å². The summed E-state index contributed by atoms with van der Waals surface area (Å²) >= 11 is 0. The number of halogens is 2. The summed E-state index contributed by atoms with van der Waals surface area (Å²) in [6, 6.07) is 2.51. The molecule has 0 spiro atoms. The molecule has 1 unspecified atom stereocenters. The molecule has 16 heavy (non-hydrogen) atoms. The molecule has 0 fully saturated rings. The molecule has 1 atom stereocenters. The van der Waals surface area contributed by atoms with Gasteiger partial charge in [-0.2, -0.15) is 0 Å². The van der Waals surface area contributed by atoms with Gasteiger partial charge in [0.2, 0.25) is 0 Å². The van der Waals surface area contributed by atoms with Crippen LogP contribution in [0, 0.1) is 17.0 Å². The van der Waals surface area contributed by atoms with Crippen LogP contribution in [0.5, 0.6) is 5.75 Å². The van der Waals surface area contributed by atoms with E-state index in [2.05, 4.69) is 20.8 Å². The second-order valence-corrected chi connectivity index (χ2v) is 5.47. The summed E-state index contributed by atoms with van der Waals surface area (Å²) in [5.41, 5.74) is 0.435. The van der Waals surface area contributed by atoms with Crippen LogP contribution in [-0.4, -0.2) is 5.11 Å². The minimum atomic E-state index is -0.913. The van der Waals surface area contributed by atoms with Crippen molar-refractivity contribution < 1.29 is 13.9 Å². The minimum absolute atomic E-state index is 0.0495. The van der Waals surface area contributed by atoms with E-state index in [1.54, 1.807) is 0 Å². The first-order valence-electron chi connectivity index (χ1n) is 5.39. The van der Waals surface area contributed by atoms with Crippen LogP contribution >= 0.6 is 0 Å². The molecular weight excluding hydrogens is 210 g/mol. The Morgan fingerprint density at radius 1 is 1.25 bits per heavy atom. The third-order valence-corrected chi connectivity index (χ3v) is 2.55. The van der Waals surface area contributed by atoms with Gasteiger partial charge in [0.15, 0.2) is 17.4 Å². The highest BCUT2D eigenvalue weighted by molar-refractivity contribution is 5.33. The Balaban J connectivity index is 3.01. The molecule has 0 amide bonds. The van der Waals surface area contributed by atoms with Gasteiger partial charge in [0.1, 0.15) is 0 Å². The molecule has 0 heterocycles. The maximum atomic E-state index is 13.6. The maximum absolute atomic E-state index is 13.6. The van der Waals surface area contributed by atoms with Gasteiger partial charge in [-0.3, -0.25) is 0 Å². The van der Waals surface area contributed by atoms with Gasteiger partial charge in [0, 0.05) is 0 Å². The van der Waals surface area contributed by atoms with E-state index in [4.69, 9.17) is 0 Å². The first-order valence-corrected chi connectivity index (χ1v) is 5.39. The minimum Gasteiger partial charge on any atom is -0.503 e. The van der Waals surface area contributed by atoms with Crippen molar-refractivity contribution in [2.45, 2.75) is 40.0 Å². The molecule has 0 aliphatic heterocycles. The van der Waals surface area contributed by atoms with Gasteiger partial charge in [-0.1, -0.05) is 33.8 Å². The predicted octanol–water partition coefficient (Wildman–Crippen LogP) is 4.21. The molecule has 1 nitrogen and oxygen atoms in total. The van der Waals surface area contributed by atoms with Crippen molar-refractivity contribution in [2.75, 3.05) is 0 Å². The summed E-state index contributed by atoms with van der Waals surface area (Å²) in [5, 5.41) is 9.18. The number of phenolic OH excluding ortho intramolecular Hbond substituents is 1. The maximum Gasteiger partial charge on any atom is 0.188 e. The molecule has 0 saturated heterocycles. The second kappa shape index (κ2) is 4.40. The predicted molar refractivity (Wildman–Crippen MR) is 60.5 cm³/mol. The molecule has 1 rings (SSSR count). The average Bonchev–Trinajstić information content (AvgIpc) is 2.11. The monoisotopic (exact) mass is 228 g/mol. The topological polar surface area (TPSA) is 20.2 Å². The van der Waals surface area contributed by atoms with Crippen molar-refractivity contribution in [2.24, 2.45) is 5.41 Å². The van der Waals surface area contributed by atoms with Gasteiger partial charge in [-0.15, -0.1) is 0 Å². The molecule has 90 valence electrons. The number of aromatic hydroxyl groups is 1. The zero-order valence-corrected chi connectivity index (χ0v) is 10.1. The summed E-state index contributed by atoms with van der Waals surface area (Å²) in [5.74, 6) is -2.68. The number of hydrogen-bond donors (Lipinski definition) is 1. The zero-order chi connectivity index (χ0) is 12.5. The fourth-order valence-electron chi connectivity index (χ4n) is 1.97. The molecule has 0 radical (unpaired) electrons. The van der Waals surface area contributed by atoms with Gasteiger partial charge >= 0.3 is 0 Å². The van der Waals surface area contributed by atoms with E-state index >= 15 is 0 Å². The summed E-state index contributed by atoms with van der Waals surface area (Å²) in [4.78, 5) is 0. The lowest BCUT2D eigenvalue weighted by Crippen LogP contribution is -2.11. The van der Waals surface area contributed by atoms with Gasteiger partial charge in [-0.25, -0.2) is 8.78 Å². The summed E-state index contributed by atoms with van der Waals surface area (Å²) < 4.78 is 26.5. The molecule has 1 aromatic rings. The Morgan fingerprint density at radius 2 is 1.81 bits per heavy atom. The Bertz CT molecular complexity index is 380. The van der Waals surface area contributed by atoms with Crippen molar-refractivity contribution in [3.05, 3.63) is 29.3 Å². The van der Waals surface area contributed by atoms with Crippen molar-refractivity contribution >= 4 is 0 Å². The fourth-order valence-corrected chi connectivity index (χ4v) is 1.97. The highest BCUT2D eigenvalue weighted by atomic mass is 19.1. The van der Waals surface area contributed by atoms with Crippen LogP contribution in [0.15, 0.2) is 12.1 Å². The van der Waals surface area contributed by atoms with Crippen LogP contribution in [0.4, 0.5) is 8.78 Å². The third kappa shape index (κ3) is 2.94. The Morgan fingerprint density at radius 3 is 2.31 bits per heavy atom. The highest BCUT2D eigenvalue weighted by Gasteiger charge is 2.21. The van der Waals surface area contributed by atoms with Crippen molar-refractivity contribution in [1.82, 2.24) is 0 Å². The summed E-state index contributed by atoms with van der Waals surface area (Å²) in [7, 11) is 0. The number of hydrogen-bond acceptors (Lipinski definition) is 1. The lowest BCUT2D eigenvalue weighted by molar-refractivity contribution is 0.339. The molecule has 0 saturated carbocycles. The van der Waals surface area contributed by atoms with Crippen LogP contribution < -0.4 is 0 Å². The van der Waals surface area contributed by atoms with E-state index in [9.17, 15) is 13.9 Å². The van der Waals surface area contributed by atoms with E-state index in [0.717, 1.165) is 12.5 Å². The van der Waals surface area contributed by atoms with E-state index in [-0.39, 0.29) is 11.3 Å². The second-order valence-electron chi connectivity index (χ2n) is 5.47. The first kappa shape index (κ1) is 12.9. The van der Waals surface area contributed by atoms with E-state index in [1.807, 2.05) is 6.92 Å². The lowest BCUT2D eigenvalue weighted by atomic mass is 9.82. The molecule has 0 aromatic heterocycles. The molecule has 1 N–H and O–H groups in total. The first-order chi connectivity index (χ1) is 7.22. The Labute approximate surface area is 95.1 Å². The highest BCUT2D eigenvalue weighted by Crippen LogP contribution is 2.34. The van der Waals surface area contributed by atoms with Gasteiger partial charge in [0.25, 0.3) is 0 Å². The largest absolute Gasteiger partial charge is 0.503 e. The van der Waals surface area contributed by atoms with Crippen LogP contribution in [-0.2, 0) is 0 Å². The molecule has 3 heteroatoms. The Hall–Kier alpha value is -1.12. The van der Waals surface area contributed by atoms with E-state index < -0.39 is 17.4 Å². The standard InChI is InChI=1S/C13H18F2O/c1-8(7-13(2,3)4)9-5-6-10(14)12(16)11(9)15/h5-6,8,16H,7H2,1-4H3. The normalized spacial score (nSPS) is 13.9. The van der Waals surface area contributed by atoms with Gasteiger partial charge in [0.05, 0.1) is 0 Å². The van der Waals surface area contributed by atoms with Gasteiger partial charge in [-0.05, 0) is 29.4 Å². The van der Waals surface area contributed by atoms with Crippen molar-refractivity contribution in [3.8, 4) is 5.75 Å². The van der Waals surface area contributed by atoms with Crippen LogP contribution in [0.3, 0.4) is 0 Å². The third-order valence-electron chi connectivity index (χ3n) is 2.55. The average molecular weight is 228 g/mol. The van der Waals surface area contributed by atoms with Crippen LogP contribution in [0.2, 0.25) is 0 Å². The molecule has 0 aliphatic rings.